The van der Waals surface area contributed by atoms with Gasteiger partial charge in [-0.1, -0.05) is 35.3 Å². The van der Waals surface area contributed by atoms with Gasteiger partial charge < -0.3 is 5.32 Å². The number of amides is 1. The normalized spacial score (nSPS) is 9.90. The first-order valence-corrected chi connectivity index (χ1v) is 6.71. The number of rotatable bonds is 2. The van der Waals surface area contributed by atoms with Crippen molar-refractivity contribution in [1.29, 1.82) is 0 Å². The Balaban J connectivity index is 2.00. The average Bonchev–Trinajstić information content (AvgIpc) is 2.41. The second kappa shape index (κ2) is 6.65. The van der Waals surface area contributed by atoms with Gasteiger partial charge in [0, 0.05) is 0 Å². The molecule has 102 valence electrons. The van der Waals surface area contributed by atoms with E-state index in [1.165, 1.54) is 6.20 Å². The second-order valence-electron chi connectivity index (χ2n) is 3.76. The van der Waals surface area contributed by atoms with Gasteiger partial charge in [-0.15, -0.1) is 0 Å². The van der Waals surface area contributed by atoms with Crippen LogP contribution in [0.5, 0.6) is 0 Å². The SMILES string of the molecule is O=C(NC(=S)Nc1ccc(Cl)nc1)c1ccccc1Cl. The predicted octanol–water partition coefficient (Wildman–Crippen LogP) is 3.52. The van der Waals surface area contributed by atoms with E-state index in [1.54, 1.807) is 36.4 Å². The number of benzene rings is 1. The Bertz CT molecular complexity index is 646. The Morgan fingerprint density at radius 3 is 2.55 bits per heavy atom. The smallest absolute Gasteiger partial charge is 0.258 e. The summed E-state index contributed by atoms with van der Waals surface area (Å²) in [5, 5.41) is 6.25. The molecular weight excluding hydrogens is 317 g/mol. The minimum absolute atomic E-state index is 0.152. The van der Waals surface area contributed by atoms with E-state index < -0.39 is 0 Å². The molecule has 1 amide bonds. The number of pyridine rings is 1. The molecule has 0 saturated carbocycles. The molecule has 1 heterocycles. The molecule has 1 aromatic heterocycles. The van der Waals surface area contributed by atoms with Crippen molar-refractivity contribution < 1.29 is 4.79 Å². The van der Waals surface area contributed by atoms with Crippen LogP contribution in [0.1, 0.15) is 10.4 Å². The number of carbonyl (C=O) groups is 1. The molecule has 0 atom stereocenters. The zero-order valence-corrected chi connectivity index (χ0v) is 12.4. The fourth-order valence-corrected chi connectivity index (χ4v) is 1.97. The van der Waals surface area contributed by atoms with Crippen LogP contribution in [0.4, 0.5) is 5.69 Å². The fraction of sp³-hybridized carbons (Fsp3) is 0. The summed E-state index contributed by atoms with van der Waals surface area (Å²) in [7, 11) is 0. The summed E-state index contributed by atoms with van der Waals surface area (Å²) in [5.74, 6) is -0.380. The van der Waals surface area contributed by atoms with Gasteiger partial charge in [-0.25, -0.2) is 4.98 Å². The highest BCUT2D eigenvalue weighted by Crippen LogP contribution is 2.14. The summed E-state index contributed by atoms with van der Waals surface area (Å²) in [4.78, 5) is 15.9. The van der Waals surface area contributed by atoms with Gasteiger partial charge in [0.1, 0.15) is 5.15 Å². The molecule has 2 N–H and O–H groups in total. The predicted molar refractivity (Wildman–Crippen MR) is 84.4 cm³/mol. The fourth-order valence-electron chi connectivity index (χ4n) is 1.43. The van der Waals surface area contributed by atoms with Crippen molar-refractivity contribution in [2.45, 2.75) is 0 Å². The van der Waals surface area contributed by atoms with Crippen LogP contribution in [-0.2, 0) is 0 Å². The van der Waals surface area contributed by atoms with E-state index >= 15 is 0 Å². The summed E-state index contributed by atoms with van der Waals surface area (Å²) in [5.41, 5.74) is 0.978. The maximum Gasteiger partial charge on any atom is 0.258 e. The van der Waals surface area contributed by atoms with Crippen molar-refractivity contribution in [2.24, 2.45) is 0 Å². The lowest BCUT2D eigenvalue weighted by Gasteiger charge is -2.09. The van der Waals surface area contributed by atoms with Crippen molar-refractivity contribution in [3.8, 4) is 0 Å². The molecule has 0 fully saturated rings. The molecule has 0 saturated heterocycles. The number of thiocarbonyl (C=S) groups is 1. The summed E-state index contributed by atoms with van der Waals surface area (Å²) in [6, 6.07) is 10.0. The van der Waals surface area contributed by atoms with Crippen LogP contribution < -0.4 is 10.6 Å². The molecule has 0 aliphatic carbocycles. The summed E-state index contributed by atoms with van der Waals surface area (Å²) in [6.07, 6.45) is 1.51. The molecule has 2 aromatic rings. The van der Waals surface area contributed by atoms with E-state index in [1.807, 2.05) is 0 Å². The minimum Gasteiger partial charge on any atom is -0.331 e. The Labute approximate surface area is 131 Å². The molecule has 0 aliphatic rings. The lowest BCUT2D eigenvalue weighted by atomic mass is 10.2. The number of halogens is 2. The summed E-state index contributed by atoms with van der Waals surface area (Å²) in [6.45, 7) is 0. The first-order valence-electron chi connectivity index (χ1n) is 5.54. The molecule has 20 heavy (non-hydrogen) atoms. The second-order valence-corrected chi connectivity index (χ2v) is 4.96. The Hall–Kier alpha value is -1.69. The standard InChI is InChI=1S/C13H9Cl2N3OS/c14-10-4-2-1-3-9(10)12(19)18-13(20)17-8-5-6-11(15)16-7-8/h1-7H,(H2,17,18,19,20). The molecule has 0 radical (unpaired) electrons. The van der Waals surface area contributed by atoms with Gasteiger partial charge in [0.25, 0.3) is 5.91 Å². The van der Waals surface area contributed by atoms with Crippen LogP contribution in [0.15, 0.2) is 42.6 Å². The van der Waals surface area contributed by atoms with Crippen molar-refractivity contribution in [1.82, 2.24) is 10.3 Å². The lowest BCUT2D eigenvalue weighted by molar-refractivity contribution is 0.0978. The van der Waals surface area contributed by atoms with E-state index in [4.69, 9.17) is 35.4 Å². The topological polar surface area (TPSA) is 54.0 Å². The highest BCUT2D eigenvalue weighted by molar-refractivity contribution is 7.80. The van der Waals surface area contributed by atoms with Gasteiger partial charge in [-0.2, -0.15) is 0 Å². The zero-order valence-electron chi connectivity index (χ0n) is 10.1. The van der Waals surface area contributed by atoms with Crippen LogP contribution in [-0.4, -0.2) is 16.0 Å². The van der Waals surface area contributed by atoms with E-state index in [2.05, 4.69) is 15.6 Å². The van der Waals surface area contributed by atoms with Gasteiger partial charge in [-0.05, 0) is 36.5 Å². The Kier molecular flexibility index (Phi) is 4.89. The number of hydrogen-bond acceptors (Lipinski definition) is 3. The van der Waals surface area contributed by atoms with Crippen molar-refractivity contribution >= 4 is 52.1 Å². The van der Waals surface area contributed by atoms with Crippen LogP contribution in [0.25, 0.3) is 0 Å². The molecule has 1 aromatic carbocycles. The van der Waals surface area contributed by atoms with Crippen LogP contribution in [0.2, 0.25) is 10.2 Å². The highest BCUT2D eigenvalue weighted by Gasteiger charge is 2.11. The molecule has 2 rings (SSSR count). The number of hydrogen-bond donors (Lipinski definition) is 2. The highest BCUT2D eigenvalue weighted by atomic mass is 35.5. The molecule has 7 heteroatoms. The van der Waals surface area contributed by atoms with E-state index in [0.29, 0.717) is 21.4 Å². The van der Waals surface area contributed by atoms with Crippen molar-refractivity contribution in [3.05, 3.63) is 58.3 Å². The van der Waals surface area contributed by atoms with E-state index in [9.17, 15) is 4.79 Å². The maximum atomic E-state index is 12.0. The molecule has 4 nitrogen and oxygen atoms in total. The number of anilines is 1. The van der Waals surface area contributed by atoms with E-state index in [0.717, 1.165) is 0 Å². The molecule has 0 bridgehead atoms. The monoisotopic (exact) mass is 325 g/mol. The maximum absolute atomic E-state index is 12.0. The molecule has 0 unspecified atom stereocenters. The molecule has 0 aliphatic heterocycles. The van der Waals surface area contributed by atoms with Gasteiger partial charge in [-0.3, -0.25) is 10.1 Å². The minimum atomic E-state index is -0.380. The number of aromatic nitrogens is 1. The Morgan fingerprint density at radius 1 is 1.15 bits per heavy atom. The first-order chi connectivity index (χ1) is 9.56. The number of nitrogens with one attached hydrogen (secondary N) is 2. The summed E-state index contributed by atoms with van der Waals surface area (Å²) >= 11 is 16.6. The van der Waals surface area contributed by atoms with Crippen LogP contribution in [0.3, 0.4) is 0 Å². The largest absolute Gasteiger partial charge is 0.331 e. The van der Waals surface area contributed by atoms with Crippen molar-refractivity contribution in [3.63, 3.8) is 0 Å². The Morgan fingerprint density at radius 2 is 1.90 bits per heavy atom. The zero-order chi connectivity index (χ0) is 14.5. The quantitative estimate of drug-likeness (QED) is 0.655. The average molecular weight is 326 g/mol. The third kappa shape index (κ3) is 3.90. The summed E-state index contributed by atoms with van der Waals surface area (Å²) < 4.78 is 0. The first kappa shape index (κ1) is 14.7. The van der Waals surface area contributed by atoms with Crippen molar-refractivity contribution in [2.75, 3.05) is 5.32 Å². The third-order valence-corrected chi connectivity index (χ3v) is 3.09. The molecule has 0 spiro atoms. The van der Waals surface area contributed by atoms with Gasteiger partial charge in [0.15, 0.2) is 5.11 Å². The lowest BCUT2D eigenvalue weighted by Crippen LogP contribution is -2.34. The van der Waals surface area contributed by atoms with Gasteiger partial charge in [0.2, 0.25) is 0 Å². The number of carbonyl (C=O) groups excluding carboxylic acids is 1. The van der Waals surface area contributed by atoms with E-state index in [-0.39, 0.29) is 11.0 Å². The number of nitrogens with zero attached hydrogens (tertiary/aromatic N) is 1. The van der Waals surface area contributed by atoms with Crippen LogP contribution in [0, 0.1) is 0 Å². The third-order valence-electron chi connectivity index (χ3n) is 2.33. The van der Waals surface area contributed by atoms with Gasteiger partial charge in [0.05, 0.1) is 22.5 Å². The van der Waals surface area contributed by atoms with Gasteiger partial charge >= 0.3 is 0 Å². The van der Waals surface area contributed by atoms with Crippen LogP contribution >= 0.6 is 35.4 Å². The molecular formula is C13H9Cl2N3OS.